The lowest BCUT2D eigenvalue weighted by Gasteiger charge is -2.28. The Kier molecular flexibility index (Phi) is 6.48. The van der Waals surface area contributed by atoms with E-state index in [-0.39, 0.29) is 42.2 Å². The third kappa shape index (κ3) is 5.84. The molecule has 0 saturated heterocycles. The second-order valence-corrected chi connectivity index (χ2v) is 8.72. The van der Waals surface area contributed by atoms with Gasteiger partial charge in [-0.25, -0.2) is 13.2 Å². The summed E-state index contributed by atoms with van der Waals surface area (Å²) in [5, 5.41) is 4.07. The fourth-order valence-electron chi connectivity index (χ4n) is 3.26. The van der Waals surface area contributed by atoms with Crippen molar-refractivity contribution in [3.05, 3.63) is 71.0 Å². The van der Waals surface area contributed by atoms with E-state index in [4.69, 9.17) is 4.84 Å². The van der Waals surface area contributed by atoms with Gasteiger partial charge in [-0.3, -0.25) is 4.79 Å². The van der Waals surface area contributed by atoms with Gasteiger partial charge in [-0.2, -0.15) is 0 Å². The van der Waals surface area contributed by atoms with Gasteiger partial charge in [0, 0.05) is 31.0 Å². The normalized spacial score (nSPS) is 16.2. The minimum Gasteiger partial charge on any atom is -0.390 e. The Labute approximate surface area is 174 Å². The van der Waals surface area contributed by atoms with Crippen molar-refractivity contribution in [1.29, 1.82) is 0 Å². The first-order chi connectivity index (χ1) is 14.1. The smallest absolute Gasteiger partial charge is 0.223 e. The molecule has 2 aromatic carbocycles. The number of rotatable bonds is 6. The molecule has 30 heavy (non-hydrogen) atoms. The highest BCUT2D eigenvalue weighted by Gasteiger charge is 2.29. The number of benzene rings is 2. The second-order valence-electron chi connectivity index (χ2n) is 8.72. The van der Waals surface area contributed by atoms with Crippen molar-refractivity contribution in [3.8, 4) is 0 Å². The second kappa shape index (κ2) is 8.90. The van der Waals surface area contributed by atoms with Crippen LogP contribution in [0.3, 0.4) is 0 Å². The van der Waals surface area contributed by atoms with Gasteiger partial charge in [-0.15, -0.1) is 0 Å². The molecule has 0 spiro atoms. The summed E-state index contributed by atoms with van der Waals surface area (Å²) in [6.45, 7) is 6.06. The van der Waals surface area contributed by atoms with Crippen LogP contribution in [0.1, 0.15) is 44.7 Å². The van der Waals surface area contributed by atoms with E-state index >= 15 is 0 Å². The first-order valence-corrected chi connectivity index (χ1v) is 9.81. The van der Waals surface area contributed by atoms with E-state index in [0.29, 0.717) is 12.1 Å². The summed E-state index contributed by atoms with van der Waals surface area (Å²) in [4.78, 5) is 19.9. The van der Waals surface area contributed by atoms with Crippen LogP contribution in [0.2, 0.25) is 0 Å². The highest BCUT2D eigenvalue weighted by atomic mass is 19.1. The molecule has 1 aliphatic rings. The molecule has 0 saturated carbocycles. The van der Waals surface area contributed by atoms with Crippen LogP contribution in [0, 0.1) is 22.9 Å². The molecule has 4 nitrogen and oxygen atoms in total. The van der Waals surface area contributed by atoms with Crippen molar-refractivity contribution < 1.29 is 22.8 Å². The zero-order valence-corrected chi connectivity index (χ0v) is 17.3. The van der Waals surface area contributed by atoms with Crippen LogP contribution in [0.5, 0.6) is 0 Å². The number of carbonyl (C=O) groups excluding carboxylic acids is 1. The predicted molar refractivity (Wildman–Crippen MR) is 108 cm³/mol. The molecule has 1 aliphatic heterocycles. The Morgan fingerprint density at radius 3 is 2.40 bits per heavy atom. The van der Waals surface area contributed by atoms with Gasteiger partial charge in [0.2, 0.25) is 5.91 Å². The van der Waals surface area contributed by atoms with Gasteiger partial charge in [-0.05, 0) is 29.2 Å². The van der Waals surface area contributed by atoms with Crippen molar-refractivity contribution in [2.24, 2.45) is 10.6 Å². The van der Waals surface area contributed by atoms with Crippen molar-refractivity contribution in [2.75, 3.05) is 6.54 Å². The molecule has 1 heterocycles. The first-order valence-electron chi connectivity index (χ1n) is 9.81. The number of halogens is 3. The lowest BCUT2D eigenvalue weighted by atomic mass is 9.91. The number of hydrogen-bond donors (Lipinski definition) is 0. The maximum absolute atomic E-state index is 14.2. The molecule has 0 radical (unpaired) electrons. The minimum absolute atomic E-state index is 0.00671. The third-order valence-electron chi connectivity index (χ3n) is 4.75. The molecule has 0 N–H and O–H groups in total. The molecule has 0 fully saturated rings. The van der Waals surface area contributed by atoms with Gasteiger partial charge in [0.05, 0.1) is 12.3 Å². The Bertz CT molecular complexity index is 936. The fourth-order valence-corrected chi connectivity index (χ4v) is 3.26. The summed E-state index contributed by atoms with van der Waals surface area (Å²) in [5.41, 5.74) is 1.40. The van der Waals surface area contributed by atoms with Crippen LogP contribution >= 0.6 is 0 Å². The number of nitrogens with zero attached hydrogens (tertiary/aromatic N) is 2. The van der Waals surface area contributed by atoms with Crippen LogP contribution < -0.4 is 0 Å². The topological polar surface area (TPSA) is 41.9 Å². The number of carbonyl (C=O) groups is 1. The molecule has 0 aromatic heterocycles. The highest BCUT2D eigenvalue weighted by molar-refractivity contribution is 6.01. The number of oxime groups is 1. The molecule has 2 aromatic rings. The maximum Gasteiger partial charge on any atom is 0.223 e. The van der Waals surface area contributed by atoms with Gasteiger partial charge in [0.1, 0.15) is 17.5 Å². The minimum atomic E-state index is -0.695. The van der Waals surface area contributed by atoms with Gasteiger partial charge in [-0.1, -0.05) is 44.1 Å². The van der Waals surface area contributed by atoms with Gasteiger partial charge in [0.15, 0.2) is 6.10 Å². The molecule has 1 atom stereocenters. The van der Waals surface area contributed by atoms with Gasteiger partial charge >= 0.3 is 0 Å². The van der Waals surface area contributed by atoms with Crippen molar-refractivity contribution >= 4 is 11.6 Å². The average Bonchev–Trinajstić information content (AvgIpc) is 3.11. The Morgan fingerprint density at radius 2 is 1.77 bits per heavy atom. The van der Waals surface area contributed by atoms with E-state index in [9.17, 15) is 18.0 Å². The molecular weight excluding hydrogens is 393 g/mol. The molecule has 7 heteroatoms. The van der Waals surface area contributed by atoms with Crippen molar-refractivity contribution in [2.45, 2.75) is 46.3 Å². The van der Waals surface area contributed by atoms with E-state index in [1.54, 1.807) is 12.1 Å². The molecule has 1 amide bonds. The van der Waals surface area contributed by atoms with Crippen LogP contribution in [-0.2, 0) is 16.2 Å². The van der Waals surface area contributed by atoms with Gasteiger partial charge in [0.25, 0.3) is 0 Å². The van der Waals surface area contributed by atoms with Crippen LogP contribution in [0.4, 0.5) is 13.2 Å². The predicted octanol–water partition coefficient (Wildman–Crippen LogP) is 5.06. The first kappa shape index (κ1) is 21.9. The molecule has 0 aliphatic carbocycles. The van der Waals surface area contributed by atoms with Crippen molar-refractivity contribution in [3.63, 3.8) is 0 Å². The van der Waals surface area contributed by atoms with Gasteiger partial charge < -0.3 is 9.74 Å². The third-order valence-corrected chi connectivity index (χ3v) is 4.75. The monoisotopic (exact) mass is 418 g/mol. The van der Waals surface area contributed by atoms with E-state index in [1.165, 1.54) is 29.2 Å². The molecular formula is C23H25F3N2O2. The largest absolute Gasteiger partial charge is 0.390 e. The van der Waals surface area contributed by atoms with E-state index in [1.807, 2.05) is 20.8 Å². The maximum atomic E-state index is 14.2. The zero-order valence-electron chi connectivity index (χ0n) is 17.3. The Morgan fingerprint density at radius 1 is 1.10 bits per heavy atom. The number of hydrogen-bond acceptors (Lipinski definition) is 3. The highest BCUT2D eigenvalue weighted by Crippen LogP contribution is 2.24. The molecule has 0 bridgehead atoms. The summed E-state index contributed by atoms with van der Waals surface area (Å²) in [7, 11) is 0. The van der Waals surface area contributed by atoms with E-state index in [0.717, 1.165) is 11.6 Å². The lowest BCUT2D eigenvalue weighted by molar-refractivity contribution is -0.135. The molecule has 160 valence electrons. The summed E-state index contributed by atoms with van der Waals surface area (Å²) < 4.78 is 40.6. The van der Waals surface area contributed by atoms with E-state index in [2.05, 4.69) is 5.16 Å². The van der Waals surface area contributed by atoms with E-state index < -0.39 is 17.7 Å². The quantitative estimate of drug-likeness (QED) is 0.658. The summed E-state index contributed by atoms with van der Waals surface area (Å²) in [5.74, 6) is -1.85. The number of amides is 1. The standard InChI is InChI=1S/C23H25F3N2O2/c1-23(2,3)12-22(29)28(13-16-6-9-18(25)10-20(16)26)14-19-11-21(27-30-19)15-4-7-17(24)8-5-15/h4-10,19H,11-14H2,1-3H3/t19-/m1/s1. The van der Waals surface area contributed by atoms with Crippen LogP contribution in [0.15, 0.2) is 47.6 Å². The Hall–Kier alpha value is -2.83. The van der Waals surface area contributed by atoms with Crippen LogP contribution in [0.25, 0.3) is 0 Å². The fraction of sp³-hybridized carbons (Fsp3) is 0.391. The summed E-state index contributed by atoms with van der Waals surface area (Å²) in [6.07, 6.45) is 0.308. The summed E-state index contributed by atoms with van der Waals surface area (Å²) in [6, 6.07) is 9.27. The SMILES string of the molecule is CC(C)(C)CC(=O)N(Cc1ccc(F)cc1F)C[C@H]1CC(c2ccc(F)cc2)=NO1. The summed E-state index contributed by atoms with van der Waals surface area (Å²) >= 11 is 0. The molecule has 3 rings (SSSR count). The Balaban J connectivity index is 1.72. The average molecular weight is 418 g/mol. The lowest BCUT2D eigenvalue weighted by Crippen LogP contribution is -2.39. The zero-order chi connectivity index (χ0) is 21.9. The van der Waals surface area contributed by atoms with Crippen molar-refractivity contribution in [1.82, 2.24) is 4.90 Å². The molecule has 0 unspecified atom stereocenters. The van der Waals surface area contributed by atoms with Crippen LogP contribution in [-0.4, -0.2) is 29.2 Å².